The number of benzene rings is 1. The van der Waals surface area contributed by atoms with E-state index in [1.165, 1.54) is 0 Å². The zero-order valence-electron chi connectivity index (χ0n) is 10.6. The van der Waals surface area contributed by atoms with Crippen LogP contribution in [0.3, 0.4) is 0 Å². The van der Waals surface area contributed by atoms with Gasteiger partial charge in [0.1, 0.15) is 12.6 Å². The van der Waals surface area contributed by atoms with E-state index in [0.29, 0.717) is 6.61 Å². The summed E-state index contributed by atoms with van der Waals surface area (Å²) < 4.78 is 5.97. The fourth-order valence-corrected chi connectivity index (χ4v) is 2.14. The number of hydrogen-bond donors (Lipinski definition) is 2. The van der Waals surface area contributed by atoms with Crippen LogP contribution in [0.5, 0.6) is 0 Å². The van der Waals surface area contributed by atoms with Gasteiger partial charge in [0.25, 0.3) is 0 Å². The molecular formula is C13H16INO4. The van der Waals surface area contributed by atoms with E-state index in [1.54, 1.807) is 6.92 Å². The average molecular weight is 377 g/mol. The first-order chi connectivity index (χ1) is 9.02. The van der Waals surface area contributed by atoms with E-state index in [-0.39, 0.29) is 13.0 Å². The molecule has 0 aliphatic rings. The molecule has 1 amide bonds. The first-order valence-electron chi connectivity index (χ1n) is 5.87. The van der Waals surface area contributed by atoms with Gasteiger partial charge in [-0.2, -0.15) is 0 Å². The number of aliphatic carboxylic acids is 1. The summed E-state index contributed by atoms with van der Waals surface area (Å²) in [5, 5.41) is 11.6. The maximum atomic E-state index is 11.5. The number of amides is 1. The van der Waals surface area contributed by atoms with Gasteiger partial charge >= 0.3 is 5.97 Å². The molecule has 0 radical (unpaired) electrons. The van der Waals surface area contributed by atoms with Gasteiger partial charge in [0.05, 0.1) is 0 Å². The number of ether oxygens (including phenoxy) is 1. The molecule has 0 unspecified atom stereocenters. The molecule has 5 nitrogen and oxygen atoms in total. The van der Waals surface area contributed by atoms with E-state index in [1.807, 2.05) is 24.3 Å². The number of carbonyl (C=O) groups excluding carboxylic acids is 1. The molecule has 1 aromatic carbocycles. The monoisotopic (exact) mass is 377 g/mol. The fraction of sp³-hybridized carbons (Fsp3) is 0.385. The lowest BCUT2D eigenvalue weighted by atomic mass is 10.1. The molecule has 1 atom stereocenters. The van der Waals surface area contributed by atoms with Crippen molar-refractivity contribution in [2.45, 2.75) is 19.4 Å². The van der Waals surface area contributed by atoms with E-state index in [0.717, 1.165) is 9.13 Å². The summed E-state index contributed by atoms with van der Waals surface area (Å²) in [7, 11) is 0. The highest BCUT2D eigenvalue weighted by molar-refractivity contribution is 14.1. The van der Waals surface area contributed by atoms with Gasteiger partial charge in [0, 0.05) is 16.6 Å². The highest BCUT2D eigenvalue weighted by Gasteiger charge is 2.20. The van der Waals surface area contributed by atoms with Crippen molar-refractivity contribution >= 4 is 34.5 Å². The van der Waals surface area contributed by atoms with Crippen molar-refractivity contribution in [1.29, 1.82) is 0 Å². The Balaban J connectivity index is 2.63. The van der Waals surface area contributed by atoms with Gasteiger partial charge in [0.2, 0.25) is 5.91 Å². The Morgan fingerprint density at radius 3 is 2.79 bits per heavy atom. The number of nitrogens with one attached hydrogen (secondary N) is 1. The summed E-state index contributed by atoms with van der Waals surface area (Å²) in [5.41, 5.74) is 0.871. The van der Waals surface area contributed by atoms with Crippen molar-refractivity contribution in [3.8, 4) is 0 Å². The van der Waals surface area contributed by atoms with Crippen LogP contribution in [-0.2, 0) is 20.7 Å². The largest absolute Gasteiger partial charge is 0.480 e. The van der Waals surface area contributed by atoms with Gasteiger partial charge < -0.3 is 15.2 Å². The third-order valence-corrected chi connectivity index (χ3v) is 3.07. The molecule has 19 heavy (non-hydrogen) atoms. The minimum Gasteiger partial charge on any atom is -0.480 e. The minimum atomic E-state index is -1.05. The maximum Gasteiger partial charge on any atom is 0.326 e. The van der Waals surface area contributed by atoms with Crippen LogP contribution in [0.1, 0.15) is 12.5 Å². The second-order valence-electron chi connectivity index (χ2n) is 3.93. The van der Waals surface area contributed by atoms with E-state index in [4.69, 9.17) is 9.84 Å². The molecule has 0 fully saturated rings. The Morgan fingerprint density at radius 2 is 2.21 bits per heavy atom. The molecule has 0 saturated heterocycles. The average Bonchev–Trinajstić information content (AvgIpc) is 2.35. The fourth-order valence-electron chi connectivity index (χ4n) is 1.53. The van der Waals surface area contributed by atoms with Gasteiger partial charge in [0.15, 0.2) is 0 Å². The summed E-state index contributed by atoms with van der Waals surface area (Å²) in [5.74, 6) is -1.47. The zero-order valence-corrected chi connectivity index (χ0v) is 12.7. The van der Waals surface area contributed by atoms with Gasteiger partial charge in [-0.15, -0.1) is 0 Å². The van der Waals surface area contributed by atoms with Crippen molar-refractivity contribution in [1.82, 2.24) is 5.32 Å². The van der Waals surface area contributed by atoms with Crippen molar-refractivity contribution in [2.75, 3.05) is 13.2 Å². The van der Waals surface area contributed by atoms with E-state index in [9.17, 15) is 9.59 Å². The van der Waals surface area contributed by atoms with Gasteiger partial charge in [-0.25, -0.2) is 4.79 Å². The summed E-state index contributed by atoms with van der Waals surface area (Å²) in [6.07, 6.45) is 0.254. The highest BCUT2D eigenvalue weighted by atomic mass is 127. The first kappa shape index (κ1) is 15.9. The summed E-state index contributed by atoms with van der Waals surface area (Å²) in [6, 6.07) is 6.58. The van der Waals surface area contributed by atoms with Gasteiger partial charge in [-0.1, -0.05) is 12.1 Å². The lowest BCUT2D eigenvalue weighted by Gasteiger charge is -2.14. The molecule has 0 heterocycles. The van der Waals surface area contributed by atoms with Crippen molar-refractivity contribution in [3.05, 3.63) is 33.4 Å². The number of carbonyl (C=O) groups is 2. The molecule has 0 spiro atoms. The molecule has 2 N–H and O–H groups in total. The number of hydrogen-bond acceptors (Lipinski definition) is 3. The Labute approximate surface area is 125 Å². The number of carboxylic acid groups (broad SMARTS) is 1. The molecular weight excluding hydrogens is 361 g/mol. The van der Waals surface area contributed by atoms with Crippen LogP contribution in [0.2, 0.25) is 0 Å². The number of carboxylic acids is 1. The SMILES string of the molecule is CCOCC(=O)N[C@@H](Cc1cccc(I)c1)C(=O)O. The molecule has 6 heteroatoms. The molecule has 0 aliphatic carbocycles. The van der Waals surface area contributed by atoms with E-state index >= 15 is 0 Å². The van der Waals surface area contributed by atoms with Crippen LogP contribution in [0.15, 0.2) is 24.3 Å². The molecule has 1 rings (SSSR count). The Kier molecular flexibility index (Phi) is 6.79. The second-order valence-corrected chi connectivity index (χ2v) is 5.18. The van der Waals surface area contributed by atoms with Gasteiger partial charge in [-0.3, -0.25) is 4.79 Å². The topological polar surface area (TPSA) is 75.6 Å². The third kappa shape index (κ3) is 6.02. The summed E-state index contributed by atoms with van der Waals surface area (Å²) in [6.45, 7) is 2.07. The van der Waals surface area contributed by atoms with Crippen LogP contribution < -0.4 is 5.32 Å². The van der Waals surface area contributed by atoms with Crippen molar-refractivity contribution in [2.24, 2.45) is 0 Å². The van der Waals surface area contributed by atoms with Crippen LogP contribution >= 0.6 is 22.6 Å². The predicted octanol–water partition coefficient (Wildman–Crippen LogP) is 1.44. The van der Waals surface area contributed by atoms with E-state index < -0.39 is 17.9 Å². The van der Waals surface area contributed by atoms with Crippen molar-refractivity contribution < 1.29 is 19.4 Å². The Hall–Kier alpha value is -1.15. The molecule has 0 bridgehead atoms. The molecule has 0 saturated carbocycles. The predicted molar refractivity (Wildman–Crippen MR) is 78.9 cm³/mol. The summed E-state index contributed by atoms with van der Waals surface area (Å²) >= 11 is 2.16. The smallest absolute Gasteiger partial charge is 0.326 e. The lowest BCUT2D eigenvalue weighted by Crippen LogP contribution is -2.43. The minimum absolute atomic E-state index is 0.118. The van der Waals surface area contributed by atoms with Crippen LogP contribution in [-0.4, -0.2) is 36.2 Å². The molecule has 0 aliphatic heterocycles. The molecule has 1 aromatic rings. The molecule has 0 aromatic heterocycles. The highest BCUT2D eigenvalue weighted by Crippen LogP contribution is 2.10. The quantitative estimate of drug-likeness (QED) is 0.706. The normalized spacial score (nSPS) is 11.9. The standard InChI is InChI=1S/C13H16INO4/c1-2-19-8-12(16)15-11(13(17)18)7-9-4-3-5-10(14)6-9/h3-6,11H,2,7-8H2,1H3,(H,15,16)(H,17,18)/t11-/m0/s1. The number of rotatable bonds is 7. The van der Waals surface area contributed by atoms with Crippen LogP contribution in [0.25, 0.3) is 0 Å². The van der Waals surface area contributed by atoms with Crippen LogP contribution in [0.4, 0.5) is 0 Å². The maximum absolute atomic E-state index is 11.5. The van der Waals surface area contributed by atoms with E-state index in [2.05, 4.69) is 27.9 Å². The Morgan fingerprint density at radius 1 is 1.47 bits per heavy atom. The zero-order chi connectivity index (χ0) is 14.3. The Bertz CT molecular complexity index is 450. The second kappa shape index (κ2) is 8.11. The van der Waals surface area contributed by atoms with Crippen LogP contribution in [0, 0.1) is 3.57 Å². The summed E-state index contributed by atoms with van der Waals surface area (Å²) in [4.78, 5) is 22.6. The molecule has 104 valence electrons. The van der Waals surface area contributed by atoms with Crippen molar-refractivity contribution in [3.63, 3.8) is 0 Å². The van der Waals surface area contributed by atoms with Gasteiger partial charge in [-0.05, 0) is 47.2 Å². The third-order valence-electron chi connectivity index (χ3n) is 2.40. The first-order valence-corrected chi connectivity index (χ1v) is 6.95. The lowest BCUT2D eigenvalue weighted by molar-refractivity contribution is -0.142. The number of halogens is 1.